The lowest BCUT2D eigenvalue weighted by Gasteiger charge is -2.24. The molecule has 7 nitrogen and oxygen atoms in total. The van der Waals surface area contributed by atoms with Crippen molar-refractivity contribution in [2.75, 3.05) is 20.8 Å². The van der Waals surface area contributed by atoms with Crippen LogP contribution in [0.1, 0.15) is 19.4 Å². The molecule has 2 heterocycles. The quantitative estimate of drug-likeness (QED) is 0.557. The van der Waals surface area contributed by atoms with E-state index in [9.17, 15) is 8.42 Å². The molecule has 1 unspecified atom stereocenters. The Balaban J connectivity index is 1.80. The molecular weight excluding hydrogens is 346 g/mol. The third-order valence-electron chi connectivity index (χ3n) is 4.51. The van der Waals surface area contributed by atoms with Crippen molar-refractivity contribution < 1.29 is 27.4 Å². The highest BCUT2D eigenvalue weighted by atomic mass is 32.2. The standard InChI is InChI=1S/C17H25NO6S/c1-11-6-8-12(9-7-11)25(19,20)18-10-13(18)14-15(16(21-4)22-5)24-17(2,3)23-14/h6-9,13-16H,10H2,1-5H3/t13-,14+,15+,18?/m0/s1. The molecule has 2 saturated heterocycles. The van der Waals surface area contributed by atoms with Crippen LogP contribution in [0.2, 0.25) is 0 Å². The first-order chi connectivity index (χ1) is 11.7. The Kier molecular flexibility index (Phi) is 4.95. The van der Waals surface area contributed by atoms with Crippen LogP contribution in [0.4, 0.5) is 0 Å². The molecule has 0 radical (unpaired) electrons. The number of hydrogen-bond acceptors (Lipinski definition) is 6. The highest BCUT2D eigenvalue weighted by molar-refractivity contribution is 7.89. The topological polar surface area (TPSA) is 74.1 Å². The Morgan fingerprint density at radius 2 is 1.76 bits per heavy atom. The van der Waals surface area contributed by atoms with E-state index in [-0.39, 0.29) is 10.9 Å². The van der Waals surface area contributed by atoms with Gasteiger partial charge in [-0.2, -0.15) is 4.31 Å². The van der Waals surface area contributed by atoms with E-state index in [1.165, 1.54) is 18.5 Å². The van der Waals surface area contributed by atoms with Crippen LogP contribution in [0.15, 0.2) is 29.2 Å². The maximum Gasteiger partial charge on any atom is 0.243 e. The van der Waals surface area contributed by atoms with Crippen LogP contribution in [0.25, 0.3) is 0 Å². The molecular formula is C17H25NO6S. The number of nitrogens with zero attached hydrogens (tertiary/aromatic N) is 1. The monoisotopic (exact) mass is 371 g/mol. The maximum atomic E-state index is 12.8. The molecule has 0 amide bonds. The minimum absolute atomic E-state index is 0.283. The molecule has 2 aliphatic heterocycles. The average Bonchev–Trinajstić information content (AvgIpc) is 3.29. The second-order valence-electron chi connectivity index (χ2n) is 6.86. The number of aryl methyl sites for hydroxylation is 1. The van der Waals surface area contributed by atoms with Gasteiger partial charge in [-0.15, -0.1) is 0 Å². The van der Waals surface area contributed by atoms with Gasteiger partial charge in [-0.1, -0.05) is 17.7 Å². The summed E-state index contributed by atoms with van der Waals surface area (Å²) in [5.74, 6) is -0.827. The Morgan fingerprint density at radius 3 is 2.32 bits per heavy atom. The second kappa shape index (κ2) is 6.61. The number of rotatable bonds is 6. The Bertz CT molecular complexity index is 713. The van der Waals surface area contributed by atoms with E-state index in [1.807, 2.05) is 6.92 Å². The summed E-state index contributed by atoms with van der Waals surface area (Å²) in [4.78, 5) is 0.283. The van der Waals surface area contributed by atoms with Gasteiger partial charge in [0.15, 0.2) is 12.1 Å². The van der Waals surface area contributed by atoms with E-state index in [0.717, 1.165) is 5.56 Å². The summed E-state index contributed by atoms with van der Waals surface area (Å²) in [6.07, 6.45) is -1.59. The fourth-order valence-electron chi connectivity index (χ4n) is 3.22. The SMILES string of the molecule is COC(OC)[C@@H]1OC(C)(C)O[C@@H]1[C@@H]1CN1S(=O)(=O)c1ccc(C)cc1. The van der Waals surface area contributed by atoms with Gasteiger partial charge in [-0.25, -0.2) is 8.42 Å². The summed E-state index contributed by atoms with van der Waals surface area (Å²) < 4.78 is 49.5. The van der Waals surface area contributed by atoms with Gasteiger partial charge in [0.2, 0.25) is 10.0 Å². The molecule has 8 heteroatoms. The molecule has 1 aromatic rings. The average molecular weight is 371 g/mol. The summed E-state index contributed by atoms with van der Waals surface area (Å²) >= 11 is 0. The molecule has 140 valence electrons. The van der Waals surface area contributed by atoms with Gasteiger partial charge >= 0.3 is 0 Å². The second-order valence-corrected chi connectivity index (χ2v) is 8.75. The van der Waals surface area contributed by atoms with Crippen molar-refractivity contribution in [3.63, 3.8) is 0 Å². The number of sulfonamides is 1. The fraction of sp³-hybridized carbons (Fsp3) is 0.647. The highest BCUT2D eigenvalue weighted by Gasteiger charge is 2.58. The lowest BCUT2D eigenvalue weighted by molar-refractivity contribution is -0.201. The van der Waals surface area contributed by atoms with Crippen molar-refractivity contribution in [1.29, 1.82) is 0 Å². The van der Waals surface area contributed by atoms with Crippen LogP contribution in [0.3, 0.4) is 0 Å². The molecule has 1 aromatic carbocycles. The van der Waals surface area contributed by atoms with Crippen LogP contribution in [-0.2, 0) is 29.0 Å². The molecule has 0 saturated carbocycles. The van der Waals surface area contributed by atoms with Gasteiger partial charge in [0.25, 0.3) is 0 Å². The minimum atomic E-state index is -3.55. The summed E-state index contributed by atoms with van der Waals surface area (Å²) in [6, 6.07) is 6.53. The largest absolute Gasteiger partial charge is 0.353 e. The third-order valence-corrected chi connectivity index (χ3v) is 6.41. The normalized spacial score (nSPS) is 31.4. The Labute approximate surface area is 148 Å². The first-order valence-electron chi connectivity index (χ1n) is 8.19. The van der Waals surface area contributed by atoms with E-state index >= 15 is 0 Å². The van der Waals surface area contributed by atoms with Crippen LogP contribution >= 0.6 is 0 Å². The van der Waals surface area contributed by atoms with E-state index in [0.29, 0.717) is 6.54 Å². The summed E-state index contributed by atoms with van der Waals surface area (Å²) in [6.45, 7) is 5.90. The van der Waals surface area contributed by atoms with Gasteiger partial charge in [0, 0.05) is 20.8 Å². The van der Waals surface area contributed by atoms with E-state index in [2.05, 4.69) is 0 Å². The summed E-state index contributed by atoms with van der Waals surface area (Å²) in [7, 11) is -0.510. The van der Waals surface area contributed by atoms with Crippen LogP contribution in [-0.4, -0.2) is 63.8 Å². The third kappa shape index (κ3) is 3.60. The van der Waals surface area contributed by atoms with Gasteiger partial charge < -0.3 is 18.9 Å². The van der Waals surface area contributed by atoms with Crippen LogP contribution in [0, 0.1) is 6.92 Å². The lowest BCUT2D eigenvalue weighted by atomic mass is 10.1. The van der Waals surface area contributed by atoms with E-state index in [4.69, 9.17) is 18.9 Å². The van der Waals surface area contributed by atoms with Crippen molar-refractivity contribution in [2.45, 2.75) is 56.0 Å². The van der Waals surface area contributed by atoms with E-state index < -0.39 is 34.3 Å². The van der Waals surface area contributed by atoms with Crippen molar-refractivity contribution in [3.8, 4) is 0 Å². The van der Waals surface area contributed by atoms with Gasteiger partial charge in [0.05, 0.1) is 10.9 Å². The molecule has 4 atom stereocenters. The van der Waals surface area contributed by atoms with Crippen molar-refractivity contribution in [1.82, 2.24) is 4.31 Å². The smallest absolute Gasteiger partial charge is 0.243 e. The Morgan fingerprint density at radius 1 is 1.16 bits per heavy atom. The maximum absolute atomic E-state index is 12.8. The molecule has 3 rings (SSSR count). The van der Waals surface area contributed by atoms with Gasteiger partial charge in [0.1, 0.15) is 12.2 Å². The molecule has 2 fully saturated rings. The zero-order valence-corrected chi connectivity index (χ0v) is 15.9. The number of ether oxygens (including phenoxy) is 4. The van der Waals surface area contributed by atoms with Crippen molar-refractivity contribution in [3.05, 3.63) is 29.8 Å². The summed E-state index contributed by atoms with van der Waals surface area (Å²) in [5.41, 5.74) is 1.01. The molecule has 0 spiro atoms. The fourth-order valence-corrected chi connectivity index (χ4v) is 4.79. The van der Waals surface area contributed by atoms with Crippen LogP contribution < -0.4 is 0 Å². The first kappa shape index (κ1) is 18.8. The van der Waals surface area contributed by atoms with Crippen molar-refractivity contribution >= 4 is 10.0 Å². The lowest BCUT2D eigenvalue weighted by Crippen LogP contribution is -2.41. The number of hydrogen-bond donors (Lipinski definition) is 0. The molecule has 0 aromatic heterocycles. The minimum Gasteiger partial charge on any atom is -0.353 e. The predicted molar refractivity (Wildman–Crippen MR) is 90.5 cm³/mol. The van der Waals surface area contributed by atoms with Crippen LogP contribution in [0.5, 0.6) is 0 Å². The zero-order chi connectivity index (χ0) is 18.4. The summed E-state index contributed by atoms with van der Waals surface area (Å²) in [5, 5.41) is 0. The number of methoxy groups -OCH3 is 2. The van der Waals surface area contributed by atoms with Crippen molar-refractivity contribution in [2.24, 2.45) is 0 Å². The van der Waals surface area contributed by atoms with E-state index in [1.54, 1.807) is 38.1 Å². The van der Waals surface area contributed by atoms with Gasteiger partial charge in [-0.05, 0) is 32.9 Å². The molecule has 0 bridgehead atoms. The first-order valence-corrected chi connectivity index (χ1v) is 9.63. The highest BCUT2D eigenvalue weighted by Crippen LogP contribution is 2.41. The molecule has 0 N–H and O–H groups in total. The number of benzene rings is 1. The molecule has 25 heavy (non-hydrogen) atoms. The molecule has 0 aliphatic carbocycles. The predicted octanol–water partition coefficient (Wildman–Crippen LogP) is 1.51. The zero-order valence-electron chi connectivity index (χ0n) is 15.1. The van der Waals surface area contributed by atoms with Gasteiger partial charge in [-0.3, -0.25) is 0 Å². The Hall–Kier alpha value is -1.03. The molecule has 2 aliphatic rings.